The minimum absolute atomic E-state index is 0.136. The fourth-order valence-corrected chi connectivity index (χ4v) is 4.39. The molecule has 0 bridgehead atoms. The summed E-state index contributed by atoms with van der Waals surface area (Å²) in [5, 5.41) is 14.6. The molecule has 4 nitrogen and oxygen atoms in total. The number of hydrogen-bond acceptors (Lipinski definition) is 4. The number of nitrogens with zero attached hydrogens (tertiary/aromatic N) is 1. The van der Waals surface area contributed by atoms with Gasteiger partial charge >= 0.3 is 0 Å². The number of aryl methyl sites for hydroxylation is 1. The summed E-state index contributed by atoms with van der Waals surface area (Å²) in [5.41, 5.74) is 5.02. The lowest BCUT2D eigenvalue weighted by Crippen LogP contribution is -2.33. The van der Waals surface area contributed by atoms with Crippen LogP contribution >= 0.6 is 27.5 Å². The van der Waals surface area contributed by atoms with E-state index in [4.69, 9.17) is 21.3 Å². The maximum atomic E-state index is 10.5. The average Bonchev–Trinajstić information content (AvgIpc) is 2.75. The van der Waals surface area contributed by atoms with Crippen molar-refractivity contribution >= 4 is 33.2 Å². The lowest BCUT2D eigenvalue weighted by molar-refractivity contribution is 0.406. The van der Waals surface area contributed by atoms with Gasteiger partial charge in [0, 0.05) is 28.8 Å². The number of aliphatic imine (C=N–C) groups is 1. The van der Waals surface area contributed by atoms with Gasteiger partial charge in [-0.1, -0.05) is 47.5 Å². The number of nitrogens with one attached hydrogen (secondary N) is 1. The van der Waals surface area contributed by atoms with Gasteiger partial charge in [-0.3, -0.25) is 10.3 Å². The third-order valence-corrected chi connectivity index (χ3v) is 6.14. The molecule has 6 heteroatoms. The maximum absolute atomic E-state index is 10.5. The summed E-state index contributed by atoms with van der Waals surface area (Å²) in [4.78, 5) is 5.01. The Labute approximate surface area is 189 Å². The Bertz CT molecular complexity index is 1100. The summed E-state index contributed by atoms with van der Waals surface area (Å²) in [7, 11) is 1.64. The monoisotopic (exact) mass is 484 g/mol. The molecule has 0 aromatic heterocycles. The van der Waals surface area contributed by atoms with Crippen molar-refractivity contribution in [2.24, 2.45) is 4.99 Å². The predicted octanol–water partition coefficient (Wildman–Crippen LogP) is 6.35. The maximum Gasteiger partial charge on any atom is 0.133 e. The molecule has 1 aliphatic heterocycles. The minimum Gasteiger partial charge on any atom is -0.508 e. The van der Waals surface area contributed by atoms with E-state index in [1.54, 1.807) is 19.2 Å². The van der Waals surface area contributed by atoms with Gasteiger partial charge in [-0.15, -0.1) is 0 Å². The van der Waals surface area contributed by atoms with Crippen molar-refractivity contribution < 1.29 is 9.84 Å². The Kier molecular flexibility index (Phi) is 6.14. The second-order valence-corrected chi connectivity index (χ2v) is 8.66. The second kappa shape index (κ2) is 8.80. The lowest BCUT2D eigenvalue weighted by Gasteiger charge is -2.31. The molecule has 154 valence electrons. The van der Waals surface area contributed by atoms with Gasteiger partial charge in [-0.05, 0) is 64.3 Å². The largest absolute Gasteiger partial charge is 0.508 e. The summed E-state index contributed by atoms with van der Waals surface area (Å²) < 4.78 is 6.22. The van der Waals surface area contributed by atoms with Gasteiger partial charge in [0.15, 0.2) is 0 Å². The highest BCUT2D eigenvalue weighted by molar-refractivity contribution is 9.10. The molecule has 1 aliphatic rings. The van der Waals surface area contributed by atoms with Crippen LogP contribution in [0.25, 0.3) is 0 Å². The quantitative estimate of drug-likeness (QED) is 0.453. The summed E-state index contributed by atoms with van der Waals surface area (Å²) >= 11 is 9.79. The van der Waals surface area contributed by atoms with E-state index in [2.05, 4.69) is 52.4 Å². The van der Waals surface area contributed by atoms with Gasteiger partial charge in [0.25, 0.3) is 0 Å². The van der Waals surface area contributed by atoms with Gasteiger partial charge in [0.1, 0.15) is 17.7 Å². The molecule has 0 aliphatic carbocycles. The Balaban J connectivity index is 1.77. The highest BCUT2D eigenvalue weighted by atomic mass is 79.9. The summed E-state index contributed by atoms with van der Waals surface area (Å²) in [6.07, 6.45) is 0.366. The van der Waals surface area contributed by atoms with Crippen LogP contribution < -0.4 is 10.1 Å². The first kappa shape index (κ1) is 20.9. The van der Waals surface area contributed by atoms with E-state index < -0.39 is 0 Å². The van der Waals surface area contributed by atoms with E-state index in [1.165, 1.54) is 5.56 Å². The molecule has 0 spiro atoms. The van der Waals surface area contributed by atoms with Crippen molar-refractivity contribution in [3.8, 4) is 11.5 Å². The van der Waals surface area contributed by atoms with Crippen LogP contribution in [0.4, 0.5) is 0 Å². The van der Waals surface area contributed by atoms with Crippen LogP contribution in [-0.4, -0.2) is 17.9 Å². The lowest BCUT2D eigenvalue weighted by atomic mass is 9.93. The number of phenols is 1. The summed E-state index contributed by atoms with van der Waals surface area (Å²) in [6, 6.07) is 19.3. The summed E-state index contributed by atoms with van der Waals surface area (Å²) in [6.45, 7) is 2.07. The van der Waals surface area contributed by atoms with E-state index in [-0.39, 0.29) is 18.0 Å². The van der Waals surface area contributed by atoms with Crippen LogP contribution in [0.5, 0.6) is 11.5 Å². The number of phenolic OH excluding ortho intramolecular Hbond substituents is 1. The van der Waals surface area contributed by atoms with Crippen LogP contribution in [0.15, 0.2) is 70.1 Å². The minimum atomic E-state index is -0.277. The molecule has 30 heavy (non-hydrogen) atoms. The third kappa shape index (κ3) is 4.38. The highest BCUT2D eigenvalue weighted by Crippen LogP contribution is 2.37. The summed E-state index contributed by atoms with van der Waals surface area (Å²) in [5.74, 6) is 0.984. The molecule has 2 atom stereocenters. The molecule has 2 unspecified atom stereocenters. The van der Waals surface area contributed by atoms with Crippen molar-refractivity contribution in [2.45, 2.75) is 25.6 Å². The standard InChI is InChI=1S/C24H22BrClN2O2/c1-14-3-5-15(6-4-14)20-13-21(18-12-17(26)8-9-22(18)29)28-24(27-20)16-7-10-23(30-2)19(25)11-16/h3-12,21,24,28-29H,13H2,1-2H3. The SMILES string of the molecule is COc1ccc(C2N=C(c3ccc(C)cc3)CC(c3cc(Cl)ccc3O)N2)cc1Br. The van der Waals surface area contributed by atoms with Crippen molar-refractivity contribution in [1.82, 2.24) is 5.32 Å². The Morgan fingerprint density at radius 2 is 1.87 bits per heavy atom. The molecule has 0 saturated carbocycles. The fourth-order valence-electron chi connectivity index (χ4n) is 3.65. The van der Waals surface area contributed by atoms with E-state index in [9.17, 15) is 5.11 Å². The van der Waals surface area contributed by atoms with Crippen LogP contribution in [0, 0.1) is 6.92 Å². The van der Waals surface area contributed by atoms with Crippen LogP contribution in [0.1, 0.15) is 40.9 Å². The Morgan fingerprint density at radius 3 is 2.57 bits per heavy atom. The van der Waals surface area contributed by atoms with Gasteiger partial charge in [0.05, 0.1) is 11.6 Å². The zero-order valence-corrected chi connectivity index (χ0v) is 19.0. The van der Waals surface area contributed by atoms with E-state index in [0.29, 0.717) is 11.4 Å². The van der Waals surface area contributed by atoms with Crippen LogP contribution in [-0.2, 0) is 0 Å². The molecule has 1 heterocycles. The molecule has 3 aromatic carbocycles. The number of aromatic hydroxyl groups is 1. The normalized spacial score (nSPS) is 18.7. The molecule has 0 fully saturated rings. The molecule has 0 radical (unpaired) electrons. The van der Waals surface area contributed by atoms with Gasteiger partial charge in [0.2, 0.25) is 0 Å². The topological polar surface area (TPSA) is 53.9 Å². The van der Waals surface area contributed by atoms with E-state index in [0.717, 1.165) is 32.6 Å². The zero-order chi connectivity index (χ0) is 21.3. The van der Waals surface area contributed by atoms with Crippen molar-refractivity contribution in [2.75, 3.05) is 7.11 Å². The van der Waals surface area contributed by atoms with E-state index in [1.807, 2.05) is 24.3 Å². The van der Waals surface area contributed by atoms with Gasteiger partial charge in [-0.2, -0.15) is 0 Å². The first-order chi connectivity index (χ1) is 14.4. The number of rotatable bonds is 4. The van der Waals surface area contributed by atoms with E-state index >= 15 is 0 Å². The molecule has 3 aromatic rings. The fraction of sp³-hybridized carbons (Fsp3) is 0.208. The van der Waals surface area contributed by atoms with Crippen LogP contribution in [0.2, 0.25) is 5.02 Å². The number of hydrogen-bond donors (Lipinski definition) is 2. The molecule has 2 N–H and O–H groups in total. The Morgan fingerprint density at radius 1 is 1.10 bits per heavy atom. The molecular formula is C24H22BrClN2O2. The van der Waals surface area contributed by atoms with Crippen LogP contribution in [0.3, 0.4) is 0 Å². The molecular weight excluding hydrogens is 464 g/mol. The van der Waals surface area contributed by atoms with Crippen molar-refractivity contribution in [3.63, 3.8) is 0 Å². The van der Waals surface area contributed by atoms with Gasteiger partial charge in [-0.25, -0.2) is 0 Å². The zero-order valence-electron chi connectivity index (χ0n) is 16.7. The first-order valence-corrected chi connectivity index (χ1v) is 10.8. The predicted molar refractivity (Wildman–Crippen MR) is 125 cm³/mol. The molecule has 0 saturated heterocycles. The highest BCUT2D eigenvalue weighted by Gasteiger charge is 2.28. The smallest absolute Gasteiger partial charge is 0.133 e. The van der Waals surface area contributed by atoms with Crippen molar-refractivity contribution in [3.05, 3.63) is 92.4 Å². The van der Waals surface area contributed by atoms with Gasteiger partial charge < -0.3 is 9.84 Å². The Hall–Kier alpha value is -2.34. The number of methoxy groups -OCH3 is 1. The second-order valence-electron chi connectivity index (χ2n) is 7.36. The first-order valence-electron chi connectivity index (χ1n) is 9.66. The number of benzene rings is 3. The average molecular weight is 486 g/mol. The number of halogens is 2. The molecule has 4 rings (SSSR count). The number of ether oxygens (including phenoxy) is 1. The van der Waals surface area contributed by atoms with Crippen molar-refractivity contribution in [1.29, 1.82) is 0 Å². The molecule has 0 amide bonds. The third-order valence-electron chi connectivity index (χ3n) is 5.28.